The zero-order valence-corrected chi connectivity index (χ0v) is 12.5. The highest BCUT2D eigenvalue weighted by atomic mass is 33.1. The molecule has 0 bridgehead atoms. The van der Waals surface area contributed by atoms with Gasteiger partial charge in [-0.25, -0.2) is 0 Å². The van der Waals surface area contributed by atoms with Crippen LogP contribution in [-0.4, -0.2) is 36.0 Å². The largest absolute Gasteiger partial charge is 0.346 e. The Hall–Kier alpha value is -0.490. The Bertz CT molecular complexity index is 260. The zero-order valence-electron chi connectivity index (χ0n) is 10.9. The highest BCUT2D eigenvalue weighted by Crippen LogP contribution is 2.22. The molecule has 104 valence electrons. The van der Waals surface area contributed by atoms with Crippen molar-refractivity contribution in [2.75, 3.05) is 11.5 Å². The highest BCUT2D eigenvalue weighted by molar-refractivity contribution is 8.76. The molecule has 1 N–H and O–H groups in total. The molecule has 0 aromatic heterocycles. The van der Waals surface area contributed by atoms with E-state index in [-0.39, 0.29) is 5.91 Å². The maximum absolute atomic E-state index is 11.5. The van der Waals surface area contributed by atoms with Gasteiger partial charge >= 0.3 is 0 Å². The van der Waals surface area contributed by atoms with Crippen molar-refractivity contribution in [3.05, 3.63) is 0 Å². The van der Waals surface area contributed by atoms with Gasteiger partial charge in [-0.1, -0.05) is 35.4 Å². The number of carbonyl (C=O) groups excluding carboxylic acids is 3. The van der Waals surface area contributed by atoms with Crippen LogP contribution < -0.4 is 5.32 Å². The summed E-state index contributed by atoms with van der Waals surface area (Å²) in [6.45, 7) is 4.12. The molecule has 0 aliphatic carbocycles. The molecule has 0 aromatic rings. The maximum atomic E-state index is 11.5. The van der Waals surface area contributed by atoms with E-state index < -0.39 is 6.04 Å². The molecule has 0 radical (unpaired) electrons. The molecule has 18 heavy (non-hydrogen) atoms. The Balaban J connectivity index is 3.71. The fraction of sp³-hybridized carbons (Fsp3) is 0.750. The fourth-order valence-corrected chi connectivity index (χ4v) is 3.18. The number of carbonyl (C=O) groups is 3. The lowest BCUT2D eigenvalue weighted by Gasteiger charge is -2.12. The van der Waals surface area contributed by atoms with E-state index in [1.807, 2.05) is 0 Å². The predicted octanol–water partition coefficient (Wildman–Crippen LogP) is 2.08. The molecule has 0 saturated carbocycles. The lowest BCUT2D eigenvalue weighted by molar-refractivity contribution is -0.123. The minimum atomic E-state index is -0.432. The third-order valence-corrected chi connectivity index (χ3v) is 4.58. The Labute approximate surface area is 116 Å². The smallest absolute Gasteiger partial charge is 0.220 e. The summed E-state index contributed by atoms with van der Waals surface area (Å²) in [7, 11) is 3.05. The molecule has 6 heteroatoms. The number of hydrogen-bond donors (Lipinski definition) is 1. The second kappa shape index (κ2) is 11.6. The molecule has 0 aromatic carbocycles. The normalized spacial score (nSPS) is 12.2. The molecule has 0 rings (SSSR count). The molecule has 0 spiro atoms. The third-order valence-electron chi connectivity index (χ3n) is 2.11. The number of hydrogen-bond acceptors (Lipinski definition) is 5. The first-order valence-electron chi connectivity index (χ1n) is 6.02. The van der Waals surface area contributed by atoms with Crippen LogP contribution in [-0.2, 0) is 14.4 Å². The first-order chi connectivity index (χ1) is 8.60. The van der Waals surface area contributed by atoms with Crippen molar-refractivity contribution < 1.29 is 14.4 Å². The van der Waals surface area contributed by atoms with Gasteiger partial charge < -0.3 is 14.9 Å². The summed E-state index contributed by atoms with van der Waals surface area (Å²) in [5.41, 5.74) is 0. The topological polar surface area (TPSA) is 63.2 Å². The second-order valence-corrected chi connectivity index (χ2v) is 6.93. The molecule has 4 nitrogen and oxygen atoms in total. The molecule has 1 amide bonds. The van der Waals surface area contributed by atoms with Crippen molar-refractivity contribution in [1.82, 2.24) is 5.32 Å². The molecule has 0 saturated heterocycles. The van der Waals surface area contributed by atoms with Crippen LogP contribution in [0.1, 0.15) is 33.1 Å². The zero-order chi connectivity index (χ0) is 13.8. The number of aldehydes is 2. The van der Waals surface area contributed by atoms with Gasteiger partial charge in [0.1, 0.15) is 12.6 Å². The molecule has 1 unspecified atom stereocenters. The summed E-state index contributed by atoms with van der Waals surface area (Å²) in [4.78, 5) is 32.4. The summed E-state index contributed by atoms with van der Waals surface area (Å²) in [5, 5.41) is 2.70. The van der Waals surface area contributed by atoms with Gasteiger partial charge in [0.15, 0.2) is 0 Å². The number of nitrogens with one attached hydrogen (secondary N) is 1. The Morgan fingerprint density at radius 1 is 1.28 bits per heavy atom. The van der Waals surface area contributed by atoms with Crippen molar-refractivity contribution >= 4 is 40.1 Å². The van der Waals surface area contributed by atoms with Gasteiger partial charge in [-0.15, -0.1) is 0 Å². The van der Waals surface area contributed by atoms with E-state index in [4.69, 9.17) is 0 Å². The Morgan fingerprint density at radius 3 is 2.56 bits per heavy atom. The van der Waals surface area contributed by atoms with Crippen LogP contribution in [0.3, 0.4) is 0 Å². The average molecular weight is 291 g/mol. The lowest BCUT2D eigenvalue weighted by atomic mass is 10.1. The van der Waals surface area contributed by atoms with Gasteiger partial charge in [-0.2, -0.15) is 0 Å². The van der Waals surface area contributed by atoms with Gasteiger partial charge in [0.2, 0.25) is 5.91 Å². The third kappa shape index (κ3) is 10.7. The first-order valence-corrected chi connectivity index (χ1v) is 8.51. The average Bonchev–Trinajstić information content (AvgIpc) is 2.34. The van der Waals surface area contributed by atoms with Gasteiger partial charge in [0, 0.05) is 24.3 Å². The molecule has 0 aliphatic heterocycles. The van der Waals surface area contributed by atoms with E-state index in [0.29, 0.717) is 24.5 Å². The Kier molecular flexibility index (Phi) is 11.3. The molecular weight excluding hydrogens is 270 g/mol. The quantitative estimate of drug-likeness (QED) is 0.359. The summed E-state index contributed by atoms with van der Waals surface area (Å²) < 4.78 is 0. The molecule has 1 atom stereocenters. The molecular formula is C12H21NO3S2. The Morgan fingerprint density at radius 2 is 2.00 bits per heavy atom. The summed E-state index contributed by atoms with van der Waals surface area (Å²) in [6, 6.07) is -0.432. The van der Waals surface area contributed by atoms with Crippen LogP contribution in [0.15, 0.2) is 0 Å². The first kappa shape index (κ1) is 17.5. The van der Waals surface area contributed by atoms with Crippen LogP contribution in [0.2, 0.25) is 0 Å². The fourth-order valence-electron chi connectivity index (χ4n) is 1.09. The van der Waals surface area contributed by atoms with E-state index in [1.165, 1.54) is 10.8 Å². The van der Waals surface area contributed by atoms with Gasteiger partial charge in [0.25, 0.3) is 0 Å². The SMILES string of the molecule is CC(C)CCC(=O)NC(C=O)CSSCCC=O. The van der Waals surface area contributed by atoms with Gasteiger partial charge in [0.05, 0.1) is 6.04 Å². The van der Waals surface area contributed by atoms with Crippen LogP contribution in [0.5, 0.6) is 0 Å². The highest BCUT2D eigenvalue weighted by Gasteiger charge is 2.11. The lowest BCUT2D eigenvalue weighted by Crippen LogP contribution is -2.37. The van der Waals surface area contributed by atoms with Crippen molar-refractivity contribution in [2.45, 2.75) is 39.2 Å². The van der Waals surface area contributed by atoms with E-state index in [0.717, 1.165) is 24.7 Å². The van der Waals surface area contributed by atoms with E-state index >= 15 is 0 Å². The van der Waals surface area contributed by atoms with Crippen molar-refractivity contribution in [1.29, 1.82) is 0 Å². The summed E-state index contributed by atoms with van der Waals surface area (Å²) in [5.74, 6) is 1.69. The van der Waals surface area contributed by atoms with Crippen LogP contribution >= 0.6 is 21.6 Å². The summed E-state index contributed by atoms with van der Waals surface area (Å²) >= 11 is 0. The number of rotatable bonds is 11. The van der Waals surface area contributed by atoms with Gasteiger partial charge in [-0.3, -0.25) is 4.79 Å². The van der Waals surface area contributed by atoms with E-state index in [1.54, 1.807) is 10.8 Å². The molecule has 0 heterocycles. The van der Waals surface area contributed by atoms with Crippen LogP contribution in [0.25, 0.3) is 0 Å². The van der Waals surface area contributed by atoms with Crippen molar-refractivity contribution in [3.8, 4) is 0 Å². The molecule has 0 aliphatic rings. The van der Waals surface area contributed by atoms with Crippen LogP contribution in [0.4, 0.5) is 0 Å². The predicted molar refractivity (Wildman–Crippen MR) is 77.7 cm³/mol. The van der Waals surface area contributed by atoms with E-state index in [9.17, 15) is 14.4 Å². The summed E-state index contributed by atoms with van der Waals surface area (Å²) in [6.07, 6.45) is 3.45. The maximum Gasteiger partial charge on any atom is 0.220 e. The van der Waals surface area contributed by atoms with Crippen molar-refractivity contribution in [3.63, 3.8) is 0 Å². The standard InChI is InChI=1S/C12H21NO3S2/c1-10(2)4-5-12(16)13-11(8-15)9-18-17-7-3-6-14/h6,8,10-11H,3-5,7,9H2,1-2H3,(H,13,16). The van der Waals surface area contributed by atoms with E-state index in [2.05, 4.69) is 19.2 Å². The minimum absolute atomic E-state index is 0.0701. The second-order valence-electron chi connectivity index (χ2n) is 4.30. The van der Waals surface area contributed by atoms with Crippen LogP contribution in [0, 0.1) is 5.92 Å². The molecule has 0 fully saturated rings. The van der Waals surface area contributed by atoms with Gasteiger partial charge in [-0.05, 0) is 12.3 Å². The number of amides is 1. The monoisotopic (exact) mass is 291 g/mol. The van der Waals surface area contributed by atoms with Crippen molar-refractivity contribution in [2.24, 2.45) is 5.92 Å². The minimum Gasteiger partial charge on any atom is -0.346 e.